The fraction of sp³-hybridized carbons (Fsp3) is 0. The lowest BCUT2D eigenvalue weighted by molar-refractivity contribution is 1.06. The van der Waals surface area contributed by atoms with Crippen molar-refractivity contribution >= 4 is 86.3 Å². The van der Waals surface area contributed by atoms with E-state index in [0.717, 1.165) is 27.7 Å². The molecule has 2 aromatic heterocycles. The van der Waals surface area contributed by atoms with Crippen molar-refractivity contribution in [3.8, 4) is 0 Å². The highest BCUT2D eigenvalue weighted by Crippen LogP contribution is 2.46. The Morgan fingerprint density at radius 2 is 1.26 bits per heavy atom. The van der Waals surface area contributed by atoms with Gasteiger partial charge in [0.15, 0.2) is 0 Å². The van der Waals surface area contributed by atoms with Crippen molar-refractivity contribution in [2.45, 2.75) is 0 Å². The Labute approximate surface area is 251 Å². The van der Waals surface area contributed by atoms with E-state index in [-0.39, 0.29) is 0 Å². The summed E-state index contributed by atoms with van der Waals surface area (Å²) in [6.45, 7) is 0. The molecule has 3 nitrogen and oxygen atoms in total. The van der Waals surface area contributed by atoms with Crippen LogP contribution in [0.2, 0.25) is 0 Å². The molecule has 0 radical (unpaired) electrons. The van der Waals surface area contributed by atoms with Crippen LogP contribution < -0.4 is 5.43 Å². The Morgan fingerprint density at radius 3 is 2.14 bits per heavy atom. The molecule has 4 heteroatoms. The van der Waals surface area contributed by atoms with Crippen LogP contribution in [0.4, 0.5) is 5.69 Å². The van der Waals surface area contributed by atoms with E-state index in [2.05, 4.69) is 125 Å². The van der Waals surface area contributed by atoms with E-state index in [1.165, 1.54) is 52.6 Å². The number of fused-ring (bicyclic) bond motifs is 11. The van der Waals surface area contributed by atoms with Gasteiger partial charge in [-0.05, 0) is 40.4 Å². The SMILES string of the molecule is N=C(c1ccc2ccccc2c1)c1ccccc1Nn1c2ccccc2c2c3ccccc3c3sc4ccccc4c3c21. The lowest BCUT2D eigenvalue weighted by atomic mass is 9.98. The minimum absolute atomic E-state index is 0.492. The number of nitrogens with one attached hydrogen (secondary N) is 2. The fourth-order valence-corrected chi connectivity index (χ4v) is 7.90. The van der Waals surface area contributed by atoms with E-state index in [1.807, 2.05) is 35.6 Å². The topological polar surface area (TPSA) is 40.8 Å². The maximum atomic E-state index is 9.32. The van der Waals surface area contributed by atoms with Crippen molar-refractivity contribution in [3.05, 3.63) is 151 Å². The molecule has 0 unspecified atom stereocenters. The van der Waals surface area contributed by atoms with E-state index >= 15 is 0 Å². The van der Waals surface area contributed by atoms with Crippen molar-refractivity contribution in [2.24, 2.45) is 0 Å². The molecule has 0 atom stereocenters. The molecule has 9 aromatic rings. The van der Waals surface area contributed by atoms with Gasteiger partial charge in [-0.25, -0.2) is 0 Å². The lowest BCUT2D eigenvalue weighted by Crippen LogP contribution is -2.13. The number of thiophene rings is 1. The largest absolute Gasteiger partial charge is 0.300 e. The van der Waals surface area contributed by atoms with E-state index in [0.29, 0.717) is 5.71 Å². The number of anilines is 1. The van der Waals surface area contributed by atoms with Crippen LogP contribution in [0.15, 0.2) is 140 Å². The third kappa shape index (κ3) is 3.57. The first-order chi connectivity index (χ1) is 21.3. The second kappa shape index (κ2) is 9.28. The highest BCUT2D eigenvalue weighted by atomic mass is 32.1. The van der Waals surface area contributed by atoms with Crippen molar-refractivity contribution in [2.75, 3.05) is 5.43 Å². The van der Waals surface area contributed by atoms with Gasteiger partial charge < -0.3 is 0 Å². The summed E-state index contributed by atoms with van der Waals surface area (Å²) in [5, 5.41) is 19.2. The lowest BCUT2D eigenvalue weighted by Gasteiger charge is -2.17. The Hall–Kier alpha value is -5.45. The van der Waals surface area contributed by atoms with Gasteiger partial charge in [0.25, 0.3) is 0 Å². The van der Waals surface area contributed by atoms with Gasteiger partial charge in [0, 0.05) is 47.5 Å². The fourth-order valence-electron chi connectivity index (χ4n) is 6.65. The van der Waals surface area contributed by atoms with Crippen LogP contribution in [0.1, 0.15) is 11.1 Å². The van der Waals surface area contributed by atoms with Gasteiger partial charge in [0.1, 0.15) is 0 Å². The number of benzene rings is 7. The molecule has 0 aliphatic carbocycles. The van der Waals surface area contributed by atoms with Crippen molar-refractivity contribution in [1.29, 1.82) is 5.41 Å². The van der Waals surface area contributed by atoms with Gasteiger partial charge in [0.2, 0.25) is 0 Å². The number of nitrogens with zero attached hydrogens (tertiary/aromatic N) is 1. The Bertz CT molecular complexity index is 2570. The highest BCUT2D eigenvalue weighted by molar-refractivity contribution is 7.27. The number of hydrogen-bond donors (Lipinski definition) is 2. The third-order valence-corrected chi connectivity index (χ3v) is 9.82. The Balaban J connectivity index is 1.33. The maximum Gasteiger partial charge on any atom is 0.0809 e. The zero-order valence-electron chi connectivity index (χ0n) is 23.1. The molecule has 2 heterocycles. The summed E-state index contributed by atoms with van der Waals surface area (Å²) in [7, 11) is 0. The average Bonchev–Trinajstić information content (AvgIpc) is 3.61. The Kier molecular flexibility index (Phi) is 5.22. The van der Waals surface area contributed by atoms with E-state index in [1.54, 1.807) is 0 Å². The van der Waals surface area contributed by atoms with Gasteiger partial charge in [-0.15, -0.1) is 11.3 Å². The van der Waals surface area contributed by atoms with Crippen LogP contribution in [0.5, 0.6) is 0 Å². The minimum atomic E-state index is 0.492. The van der Waals surface area contributed by atoms with Crippen LogP contribution in [0, 0.1) is 5.41 Å². The van der Waals surface area contributed by atoms with Crippen LogP contribution >= 0.6 is 11.3 Å². The number of aromatic nitrogens is 1. The van der Waals surface area contributed by atoms with Gasteiger partial charge >= 0.3 is 0 Å². The zero-order valence-corrected chi connectivity index (χ0v) is 24.0. The quantitative estimate of drug-likeness (QED) is 0.204. The first kappa shape index (κ1) is 24.2. The second-order valence-electron chi connectivity index (χ2n) is 11.0. The molecule has 43 heavy (non-hydrogen) atoms. The molecule has 202 valence electrons. The summed E-state index contributed by atoms with van der Waals surface area (Å²) < 4.78 is 4.84. The summed E-state index contributed by atoms with van der Waals surface area (Å²) in [6.07, 6.45) is 0. The molecular formula is C39H25N3S. The first-order valence-electron chi connectivity index (χ1n) is 14.5. The molecule has 0 spiro atoms. The molecular weight excluding hydrogens is 543 g/mol. The summed E-state index contributed by atoms with van der Waals surface area (Å²) >= 11 is 1.86. The molecule has 0 saturated heterocycles. The summed E-state index contributed by atoms with van der Waals surface area (Å²) in [6, 6.07) is 48.9. The number of hydrogen-bond acceptors (Lipinski definition) is 3. The highest BCUT2D eigenvalue weighted by Gasteiger charge is 2.22. The predicted molar refractivity (Wildman–Crippen MR) is 185 cm³/mol. The molecule has 0 saturated carbocycles. The van der Waals surface area contributed by atoms with Gasteiger partial charge in [0.05, 0.1) is 22.4 Å². The van der Waals surface area contributed by atoms with Crippen molar-refractivity contribution in [3.63, 3.8) is 0 Å². The molecule has 0 aliphatic rings. The van der Waals surface area contributed by atoms with Gasteiger partial charge in [-0.3, -0.25) is 15.5 Å². The summed E-state index contributed by atoms with van der Waals surface area (Å²) in [5.41, 5.74) is 9.23. The molecule has 0 fully saturated rings. The average molecular weight is 568 g/mol. The first-order valence-corrected chi connectivity index (χ1v) is 15.3. The van der Waals surface area contributed by atoms with Gasteiger partial charge in [-0.1, -0.05) is 115 Å². The summed E-state index contributed by atoms with van der Waals surface area (Å²) in [4.78, 5) is 0. The molecule has 7 aromatic carbocycles. The third-order valence-electron chi connectivity index (χ3n) is 8.61. The Morgan fingerprint density at radius 1 is 0.581 bits per heavy atom. The smallest absolute Gasteiger partial charge is 0.0809 e. The zero-order chi connectivity index (χ0) is 28.5. The monoisotopic (exact) mass is 567 g/mol. The van der Waals surface area contributed by atoms with Crippen molar-refractivity contribution < 1.29 is 0 Å². The van der Waals surface area contributed by atoms with Crippen LogP contribution in [0.3, 0.4) is 0 Å². The molecule has 0 amide bonds. The molecule has 0 bridgehead atoms. The molecule has 2 N–H and O–H groups in total. The normalized spacial score (nSPS) is 11.8. The summed E-state index contributed by atoms with van der Waals surface area (Å²) in [5.74, 6) is 0. The number of rotatable bonds is 4. The van der Waals surface area contributed by atoms with Crippen LogP contribution in [-0.4, -0.2) is 10.4 Å². The van der Waals surface area contributed by atoms with Gasteiger partial charge in [-0.2, -0.15) is 0 Å². The number of para-hydroxylation sites is 2. The second-order valence-corrected chi connectivity index (χ2v) is 12.1. The minimum Gasteiger partial charge on any atom is -0.300 e. The maximum absolute atomic E-state index is 9.32. The standard InChI is InChI=1S/C39H25N3S/c40-37(26-22-21-24-11-1-2-12-25(24)23-26)29-15-5-8-18-32(29)41-42-33-19-9-6-16-30(33)35-27-13-3-4-14-28(27)39-36(38(35)42)31-17-7-10-20-34(31)43-39/h1-23,40-41H. The van der Waals surface area contributed by atoms with Crippen LogP contribution in [-0.2, 0) is 0 Å². The molecule has 0 aliphatic heterocycles. The molecule has 9 rings (SSSR count). The van der Waals surface area contributed by atoms with E-state index < -0.39 is 0 Å². The van der Waals surface area contributed by atoms with Crippen LogP contribution in [0.25, 0.3) is 63.5 Å². The van der Waals surface area contributed by atoms with E-state index in [9.17, 15) is 5.41 Å². The predicted octanol–water partition coefficient (Wildman–Crippen LogP) is 10.8. The van der Waals surface area contributed by atoms with E-state index in [4.69, 9.17) is 0 Å². The van der Waals surface area contributed by atoms with Crippen molar-refractivity contribution in [1.82, 2.24) is 4.68 Å².